The van der Waals surface area contributed by atoms with E-state index in [1.807, 2.05) is 0 Å². The zero-order chi connectivity index (χ0) is 15.7. The van der Waals surface area contributed by atoms with Crippen molar-refractivity contribution in [3.05, 3.63) is 50.3 Å². The molecule has 1 saturated carbocycles. The molecule has 0 atom stereocenters. The fraction of sp³-hybridized carbons (Fsp3) is 0.231. The number of non-ortho nitro benzene ring substituents is 1. The van der Waals surface area contributed by atoms with Gasteiger partial charge < -0.3 is 4.52 Å². The van der Waals surface area contributed by atoms with Crippen LogP contribution in [0.4, 0.5) is 11.4 Å². The zero-order valence-corrected chi connectivity index (χ0v) is 12.8. The Labute approximate surface area is 133 Å². The van der Waals surface area contributed by atoms with Gasteiger partial charge in [0, 0.05) is 22.5 Å². The Balaban J connectivity index is 1.72. The third-order valence-corrected chi connectivity index (χ3v) is 3.97. The average molecular weight is 367 g/mol. The molecule has 0 saturated heterocycles. The monoisotopic (exact) mass is 366 g/mol. The lowest BCUT2D eigenvalue weighted by atomic mass is 10.2. The van der Waals surface area contributed by atoms with E-state index in [1.54, 1.807) is 0 Å². The summed E-state index contributed by atoms with van der Waals surface area (Å²) in [5, 5.41) is 14.6. The number of rotatable bonds is 5. The molecule has 22 heavy (non-hydrogen) atoms. The minimum Gasteiger partial charge on any atom is -0.364 e. The minimum atomic E-state index is -0.509. The largest absolute Gasteiger partial charge is 0.364 e. The maximum Gasteiger partial charge on any atom is 0.274 e. The molecule has 8 nitrogen and oxygen atoms in total. The highest BCUT2D eigenvalue weighted by molar-refractivity contribution is 9.10. The third-order valence-electron chi connectivity index (χ3n) is 3.28. The van der Waals surface area contributed by atoms with E-state index in [0.717, 1.165) is 12.8 Å². The standard InChI is InChI=1S/C13H11BrN4O4/c14-10-4-3-8(18(20)21)5-11(10)15-16-13(19)9-6-22-17-12(9)7-1-2-7/h3-7,15H,1-2H2,(H,16,19). The second-order valence-electron chi connectivity index (χ2n) is 4.89. The molecular weight excluding hydrogens is 356 g/mol. The maximum absolute atomic E-state index is 12.1. The number of nitrogens with one attached hydrogen (secondary N) is 2. The summed E-state index contributed by atoms with van der Waals surface area (Å²) in [6, 6.07) is 4.21. The molecule has 0 unspecified atom stereocenters. The Morgan fingerprint density at radius 3 is 2.91 bits per heavy atom. The van der Waals surface area contributed by atoms with Gasteiger partial charge in [-0.05, 0) is 34.8 Å². The molecule has 3 rings (SSSR count). The van der Waals surface area contributed by atoms with Crippen LogP contribution in [0.2, 0.25) is 0 Å². The molecule has 0 radical (unpaired) electrons. The number of nitro groups is 1. The summed E-state index contributed by atoms with van der Waals surface area (Å²) in [6.07, 6.45) is 3.29. The molecule has 1 aliphatic carbocycles. The van der Waals surface area contributed by atoms with Crippen LogP contribution < -0.4 is 10.9 Å². The van der Waals surface area contributed by atoms with Gasteiger partial charge in [-0.25, -0.2) is 0 Å². The van der Waals surface area contributed by atoms with Gasteiger partial charge in [0.25, 0.3) is 11.6 Å². The summed E-state index contributed by atoms with van der Waals surface area (Å²) in [5.74, 6) is -0.120. The fourth-order valence-corrected chi connectivity index (χ4v) is 2.33. The number of aromatic nitrogens is 1. The zero-order valence-electron chi connectivity index (χ0n) is 11.2. The number of nitrogens with zero attached hydrogens (tertiary/aromatic N) is 2. The first-order chi connectivity index (χ1) is 10.6. The Morgan fingerprint density at radius 2 is 2.23 bits per heavy atom. The van der Waals surface area contributed by atoms with Crippen LogP contribution >= 0.6 is 15.9 Å². The number of hydrogen-bond donors (Lipinski definition) is 2. The van der Waals surface area contributed by atoms with Gasteiger partial charge >= 0.3 is 0 Å². The van der Waals surface area contributed by atoms with Crippen LogP contribution in [0.15, 0.2) is 33.5 Å². The van der Waals surface area contributed by atoms with E-state index >= 15 is 0 Å². The van der Waals surface area contributed by atoms with Gasteiger partial charge in [0.05, 0.1) is 16.3 Å². The number of amides is 1. The lowest BCUT2D eigenvalue weighted by Crippen LogP contribution is -2.30. The van der Waals surface area contributed by atoms with Crippen LogP contribution in [0.3, 0.4) is 0 Å². The van der Waals surface area contributed by atoms with Gasteiger partial charge in [-0.15, -0.1) is 0 Å². The fourth-order valence-electron chi connectivity index (χ4n) is 1.98. The topological polar surface area (TPSA) is 110 Å². The highest BCUT2D eigenvalue weighted by atomic mass is 79.9. The summed E-state index contributed by atoms with van der Waals surface area (Å²) in [5.41, 5.74) is 6.48. The van der Waals surface area contributed by atoms with Crippen molar-refractivity contribution in [2.24, 2.45) is 0 Å². The number of anilines is 1. The molecule has 9 heteroatoms. The van der Waals surface area contributed by atoms with Gasteiger partial charge in [0.15, 0.2) is 0 Å². The first kappa shape index (κ1) is 14.5. The molecule has 0 bridgehead atoms. The molecule has 114 valence electrons. The van der Waals surface area contributed by atoms with Crippen molar-refractivity contribution >= 4 is 33.2 Å². The van der Waals surface area contributed by atoms with Crippen LogP contribution in [0.1, 0.15) is 34.8 Å². The Bertz CT molecular complexity index is 741. The van der Waals surface area contributed by atoms with Crippen LogP contribution in [0, 0.1) is 10.1 Å². The maximum atomic E-state index is 12.1. The Morgan fingerprint density at radius 1 is 1.45 bits per heavy atom. The molecule has 1 heterocycles. The first-order valence-corrected chi connectivity index (χ1v) is 7.30. The average Bonchev–Trinajstić information content (AvgIpc) is 3.22. The lowest BCUT2D eigenvalue weighted by molar-refractivity contribution is -0.384. The van der Waals surface area contributed by atoms with Crippen LogP contribution in [0.25, 0.3) is 0 Å². The van der Waals surface area contributed by atoms with Crippen molar-refractivity contribution in [3.63, 3.8) is 0 Å². The first-order valence-electron chi connectivity index (χ1n) is 6.51. The van der Waals surface area contributed by atoms with Crippen molar-refractivity contribution in [1.82, 2.24) is 10.6 Å². The molecule has 0 spiro atoms. The number of carbonyl (C=O) groups is 1. The molecule has 0 aliphatic heterocycles. The van der Waals surface area contributed by atoms with Gasteiger partial charge in [0.1, 0.15) is 11.8 Å². The number of benzene rings is 1. The van der Waals surface area contributed by atoms with Crippen molar-refractivity contribution in [2.45, 2.75) is 18.8 Å². The smallest absolute Gasteiger partial charge is 0.274 e. The highest BCUT2D eigenvalue weighted by Crippen LogP contribution is 2.40. The molecule has 1 fully saturated rings. The number of hydrazine groups is 1. The molecule has 1 aromatic carbocycles. The molecule has 1 aromatic heterocycles. The number of carbonyl (C=O) groups excluding carboxylic acids is 1. The van der Waals surface area contributed by atoms with Gasteiger partial charge in [-0.2, -0.15) is 0 Å². The molecular formula is C13H11BrN4O4. The number of halogens is 1. The molecule has 2 aromatic rings. The predicted molar refractivity (Wildman–Crippen MR) is 80.4 cm³/mol. The SMILES string of the molecule is O=C(NNc1cc([N+](=O)[O-])ccc1Br)c1conc1C1CC1. The lowest BCUT2D eigenvalue weighted by Gasteiger charge is -2.09. The van der Waals surface area contributed by atoms with Crippen molar-refractivity contribution in [3.8, 4) is 0 Å². The second-order valence-corrected chi connectivity index (χ2v) is 5.74. The van der Waals surface area contributed by atoms with E-state index in [9.17, 15) is 14.9 Å². The Hall–Kier alpha value is -2.42. The highest BCUT2D eigenvalue weighted by Gasteiger charge is 2.31. The van der Waals surface area contributed by atoms with Crippen LogP contribution in [-0.2, 0) is 0 Å². The number of nitro benzene ring substituents is 1. The summed E-state index contributed by atoms with van der Waals surface area (Å²) in [4.78, 5) is 22.4. The van der Waals surface area contributed by atoms with Crippen LogP contribution in [0.5, 0.6) is 0 Å². The van der Waals surface area contributed by atoms with E-state index < -0.39 is 10.8 Å². The minimum absolute atomic E-state index is 0.0800. The second kappa shape index (κ2) is 5.76. The van der Waals surface area contributed by atoms with Gasteiger partial charge in [0.2, 0.25) is 0 Å². The molecule has 1 aliphatic rings. The third kappa shape index (κ3) is 2.93. The van der Waals surface area contributed by atoms with E-state index in [0.29, 0.717) is 21.4 Å². The quantitative estimate of drug-likeness (QED) is 0.621. The van der Waals surface area contributed by atoms with Crippen molar-refractivity contribution in [1.29, 1.82) is 0 Å². The van der Waals surface area contributed by atoms with E-state index in [4.69, 9.17) is 4.52 Å². The predicted octanol–water partition coefficient (Wildman–Crippen LogP) is 2.98. The summed E-state index contributed by atoms with van der Waals surface area (Å²) >= 11 is 3.26. The van der Waals surface area contributed by atoms with Gasteiger partial charge in [-0.3, -0.25) is 25.8 Å². The molecule has 1 amide bonds. The summed E-state index contributed by atoms with van der Waals surface area (Å²) in [7, 11) is 0. The van der Waals surface area contributed by atoms with Gasteiger partial charge in [-0.1, -0.05) is 5.16 Å². The van der Waals surface area contributed by atoms with E-state index in [-0.39, 0.29) is 11.6 Å². The van der Waals surface area contributed by atoms with Crippen molar-refractivity contribution in [2.75, 3.05) is 5.43 Å². The van der Waals surface area contributed by atoms with E-state index in [1.165, 1.54) is 24.5 Å². The molecule has 2 N–H and O–H groups in total. The summed E-state index contributed by atoms with van der Waals surface area (Å²) in [6.45, 7) is 0. The Kier molecular flexibility index (Phi) is 3.80. The van der Waals surface area contributed by atoms with E-state index in [2.05, 4.69) is 31.9 Å². The summed E-state index contributed by atoms with van der Waals surface area (Å²) < 4.78 is 5.45. The normalized spacial score (nSPS) is 13.7. The van der Waals surface area contributed by atoms with Crippen molar-refractivity contribution < 1.29 is 14.2 Å². The number of hydrogen-bond acceptors (Lipinski definition) is 6. The van der Waals surface area contributed by atoms with Crippen LogP contribution in [-0.4, -0.2) is 16.0 Å².